The maximum absolute atomic E-state index is 14.3. The van der Waals surface area contributed by atoms with Gasteiger partial charge in [0.05, 0.1) is 36.3 Å². The number of nitrogens with zero attached hydrogens (tertiary/aromatic N) is 5. The summed E-state index contributed by atoms with van der Waals surface area (Å²) in [6, 6.07) is 5.38. The Balaban J connectivity index is 0.00000405. The minimum absolute atomic E-state index is 0. The number of carbonyl (C=O) groups is 2. The molecule has 0 saturated carbocycles. The van der Waals surface area contributed by atoms with Gasteiger partial charge in [-0.2, -0.15) is 10.2 Å². The summed E-state index contributed by atoms with van der Waals surface area (Å²) < 4.78 is 38.5. The third-order valence-corrected chi connectivity index (χ3v) is 8.07. The van der Waals surface area contributed by atoms with Gasteiger partial charge in [-0.05, 0) is 24.6 Å². The average molecular weight is 609 g/mol. The first-order valence-corrected chi connectivity index (χ1v) is 14.0. The zero-order chi connectivity index (χ0) is 29.3. The lowest BCUT2D eigenvalue weighted by Crippen LogP contribution is -2.62. The minimum atomic E-state index is -0.647. The van der Waals surface area contributed by atoms with Gasteiger partial charge in [-0.1, -0.05) is 19.9 Å². The predicted octanol–water partition coefficient (Wildman–Crippen LogP) is 1.93. The maximum atomic E-state index is 14.3. The molecular formula is C29H39ClF2N6O4. The molecule has 2 saturated heterocycles. The molecule has 2 fully saturated rings. The molecule has 2 amide bonds. The molecule has 10 nitrogen and oxygen atoms in total. The Hall–Kier alpha value is -2.77. The second-order valence-corrected chi connectivity index (χ2v) is 11.9. The Labute approximate surface area is 251 Å². The van der Waals surface area contributed by atoms with Crippen LogP contribution < -0.4 is 10.2 Å². The first-order valence-electron chi connectivity index (χ1n) is 14.0. The van der Waals surface area contributed by atoms with Crippen LogP contribution in [0.1, 0.15) is 37.7 Å². The molecule has 42 heavy (non-hydrogen) atoms. The van der Waals surface area contributed by atoms with Gasteiger partial charge in [-0.25, -0.2) is 8.78 Å². The number of halogens is 3. The van der Waals surface area contributed by atoms with Crippen LogP contribution in [0.25, 0.3) is 0 Å². The van der Waals surface area contributed by atoms with Crippen molar-refractivity contribution in [1.29, 1.82) is 0 Å². The van der Waals surface area contributed by atoms with Gasteiger partial charge in [0.15, 0.2) is 0 Å². The zero-order valence-electron chi connectivity index (χ0n) is 24.4. The van der Waals surface area contributed by atoms with Crippen molar-refractivity contribution in [2.75, 3.05) is 64.5 Å². The number of nitrogens with one attached hydrogen (secondary N) is 1. The fourth-order valence-corrected chi connectivity index (χ4v) is 5.90. The average Bonchev–Trinajstić information content (AvgIpc) is 3.19. The van der Waals surface area contributed by atoms with Crippen LogP contribution >= 0.6 is 12.4 Å². The first-order chi connectivity index (χ1) is 19.5. The molecule has 1 N–H and O–H groups in total. The molecule has 0 spiro atoms. The van der Waals surface area contributed by atoms with E-state index in [2.05, 4.69) is 27.3 Å². The molecule has 0 radical (unpaired) electrons. The number of carbonyl (C=O) groups excluding carboxylic acids is 2. The van der Waals surface area contributed by atoms with Crippen LogP contribution in [0.2, 0.25) is 0 Å². The van der Waals surface area contributed by atoms with E-state index in [0.29, 0.717) is 62.0 Å². The zero-order valence-corrected chi connectivity index (χ0v) is 25.3. The molecule has 0 unspecified atom stereocenters. The van der Waals surface area contributed by atoms with E-state index < -0.39 is 17.0 Å². The van der Waals surface area contributed by atoms with Crippen molar-refractivity contribution in [3.63, 3.8) is 0 Å². The van der Waals surface area contributed by atoms with Crippen molar-refractivity contribution >= 4 is 29.9 Å². The van der Waals surface area contributed by atoms with Gasteiger partial charge in [0.1, 0.15) is 18.2 Å². The summed E-state index contributed by atoms with van der Waals surface area (Å²) in [5.41, 5.74) is 1.76. The van der Waals surface area contributed by atoms with Gasteiger partial charge >= 0.3 is 0 Å². The highest BCUT2D eigenvalue weighted by Gasteiger charge is 2.41. The number of piperazine rings is 1. The molecule has 0 bridgehead atoms. The number of ether oxygens (including phenoxy) is 2. The summed E-state index contributed by atoms with van der Waals surface area (Å²) >= 11 is 0. The van der Waals surface area contributed by atoms with Crippen LogP contribution in [0.3, 0.4) is 0 Å². The Kier molecular flexibility index (Phi) is 10.1. The maximum Gasteiger partial charge on any atom is 0.248 e. The summed E-state index contributed by atoms with van der Waals surface area (Å²) in [5, 5.41) is 12.2. The Morgan fingerprint density at radius 2 is 2.00 bits per heavy atom. The van der Waals surface area contributed by atoms with Crippen molar-refractivity contribution in [3.05, 3.63) is 52.9 Å². The normalized spacial score (nSPS) is 24.0. The lowest BCUT2D eigenvalue weighted by atomic mass is 9.91. The summed E-state index contributed by atoms with van der Waals surface area (Å²) in [6.07, 6.45) is -0.0468. The van der Waals surface area contributed by atoms with Gasteiger partial charge in [0, 0.05) is 69.8 Å². The van der Waals surface area contributed by atoms with Gasteiger partial charge < -0.3 is 24.6 Å². The van der Waals surface area contributed by atoms with E-state index in [1.807, 2.05) is 13.8 Å². The third-order valence-electron chi connectivity index (χ3n) is 8.07. The van der Waals surface area contributed by atoms with Gasteiger partial charge in [0.2, 0.25) is 11.8 Å². The highest BCUT2D eigenvalue weighted by Crippen LogP contribution is 2.39. The molecule has 3 aliphatic heterocycles. The number of aromatic nitrogens is 2. The number of fused-ring (bicyclic) bond motifs is 1. The van der Waals surface area contributed by atoms with Crippen molar-refractivity contribution < 1.29 is 27.8 Å². The number of amides is 2. The number of benzene rings is 1. The number of methoxy groups -OCH3 is 1. The van der Waals surface area contributed by atoms with E-state index in [-0.39, 0.29) is 62.0 Å². The number of morpholine rings is 1. The van der Waals surface area contributed by atoms with Gasteiger partial charge in [-0.3, -0.25) is 14.5 Å². The highest BCUT2D eigenvalue weighted by atomic mass is 35.5. The fraction of sp³-hybridized carbons (Fsp3) is 0.586. The second-order valence-electron chi connectivity index (χ2n) is 11.9. The van der Waals surface area contributed by atoms with Crippen LogP contribution in [0, 0.1) is 11.6 Å². The smallest absolute Gasteiger partial charge is 0.248 e. The van der Waals surface area contributed by atoms with Crippen molar-refractivity contribution in [3.8, 4) is 0 Å². The van der Waals surface area contributed by atoms with Crippen LogP contribution in [-0.4, -0.2) is 110 Å². The van der Waals surface area contributed by atoms with E-state index in [1.165, 1.54) is 12.1 Å². The molecule has 0 aliphatic carbocycles. The van der Waals surface area contributed by atoms with E-state index >= 15 is 0 Å². The van der Waals surface area contributed by atoms with Crippen LogP contribution in [0.15, 0.2) is 24.3 Å². The Morgan fingerprint density at radius 3 is 2.74 bits per heavy atom. The molecular weight excluding hydrogens is 570 g/mol. The molecule has 2 aromatic rings. The highest BCUT2D eigenvalue weighted by molar-refractivity contribution is 5.97. The number of hydrogen-bond acceptors (Lipinski definition) is 8. The second kappa shape index (κ2) is 13.3. The summed E-state index contributed by atoms with van der Waals surface area (Å²) in [6.45, 7) is 9.40. The molecule has 1 aromatic heterocycles. The molecule has 3 aliphatic rings. The standard InChI is InChI=1S/C29H38F2N6O4.ClH/c1-18-11-35(22(10-32-18)12-36-13-23(15-40-4)41-16-27(36)39)14-26(38)37-17-29(2,3)28-25(37)9-21(33-34-28)7-19-5-6-20(30)8-24(19)31;/h5-6,8-9,18,22-23,32H,7,10-17H2,1-4H3;1H/t18-,22-,23+;/m1./s1. The fourth-order valence-electron chi connectivity index (χ4n) is 5.90. The minimum Gasteiger partial charge on any atom is -0.382 e. The van der Waals surface area contributed by atoms with Crippen molar-refractivity contribution in [1.82, 2.24) is 25.3 Å². The van der Waals surface area contributed by atoms with Crippen molar-refractivity contribution in [2.24, 2.45) is 0 Å². The van der Waals surface area contributed by atoms with E-state index in [9.17, 15) is 18.4 Å². The molecule has 13 heteroatoms. The van der Waals surface area contributed by atoms with E-state index in [1.54, 1.807) is 23.0 Å². The van der Waals surface area contributed by atoms with Crippen LogP contribution in [0.5, 0.6) is 0 Å². The Morgan fingerprint density at radius 1 is 1.21 bits per heavy atom. The third kappa shape index (κ3) is 7.05. The lowest BCUT2D eigenvalue weighted by Gasteiger charge is -2.43. The topological polar surface area (TPSA) is 100 Å². The van der Waals surface area contributed by atoms with Crippen LogP contribution in [-0.2, 0) is 30.9 Å². The monoisotopic (exact) mass is 608 g/mol. The van der Waals surface area contributed by atoms with Crippen LogP contribution in [0.4, 0.5) is 14.5 Å². The molecule has 230 valence electrons. The molecule has 3 atom stereocenters. The molecule has 4 heterocycles. The SMILES string of the molecule is COC[C@@H]1CN(C[C@H]2CN[C@H](C)CN2CC(=O)N2CC(C)(C)c3nnc(Cc4ccc(F)cc4F)cc32)C(=O)CO1.Cl. The molecule has 1 aromatic carbocycles. The Bertz CT molecular complexity index is 1300. The van der Waals surface area contributed by atoms with E-state index in [0.717, 1.165) is 6.07 Å². The molecule has 5 rings (SSSR count). The summed E-state index contributed by atoms with van der Waals surface area (Å²) in [4.78, 5) is 32.2. The summed E-state index contributed by atoms with van der Waals surface area (Å²) in [5.74, 6) is -1.43. The quantitative estimate of drug-likeness (QED) is 0.485. The lowest BCUT2D eigenvalue weighted by molar-refractivity contribution is -0.153. The number of anilines is 1. The van der Waals surface area contributed by atoms with Gasteiger partial charge in [0.25, 0.3) is 0 Å². The van der Waals surface area contributed by atoms with Crippen molar-refractivity contribution in [2.45, 2.75) is 50.8 Å². The predicted molar refractivity (Wildman–Crippen MR) is 155 cm³/mol. The van der Waals surface area contributed by atoms with Gasteiger partial charge in [-0.15, -0.1) is 12.4 Å². The first kappa shape index (κ1) is 32.2. The van der Waals surface area contributed by atoms with E-state index in [4.69, 9.17) is 9.47 Å². The number of hydrogen-bond donors (Lipinski definition) is 1. The number of rotatable bonds is 8. The largest absolute Gasteiger partial charge is 0.382 e. The summed E-state index contributed by atoms with van der Waals surface area (Å²) in [7, 11) is 1.61.